The van der Waals surface area contributed by atoms with Crippen LogP contribution in [0.2, 0.25) is 0 Å². The summed E-state index contributed by atoms with van der Waals surface area (Å²) in [6.45, 7) is 0.706. The molecule has 1 amide bonds. The molecule has 1 atom stereocenters. The Morgan fingerprint density at radius 3 is 2.85 bits per heavy atom. The molecule has 0 saturated heterocycles. The van der Waals surface area contributed by atoms with Crippen molar-refractivity contribution in [1.82, 2.24) is 15.1 Å². The first kappa shape index (κ1) is 12.9. The SMILES string of the molecule is CNC1CCN(C(=O)c2ccn(C)n2)c2ccccc21. The van der Waals surface area contributed by atoms with Crippen LogP contribution in [0.5, 0.6) is 0 Å². The summed E-state index contributed by atoms with van der Waals surface area (Å²) in [5, 5.41) is 7.51. The molecule has 104 valence electrons. The topological polar surface area (TPSA) is 50.2 Å². The van der Waals surface area contributed by atoms with E-state index < -0.39 is 0 Å². The Bertz CT molecular complexity index is 634. The maximum atomic E-state index is 12.6. The summed E-state index contributed by atoms with van der Waals surface area (Å²) >= 11 is 0. The number of para-hydroxylation sites is 1. The first-order valence-electron chi connectivity index (χ1n) is 6.78. The second kappa shape index (κ2) is 5.09. The van der Waals surface area contributed by atoms with E-state index in [1.807, 2.05) is 37.2 Å². The Kier molecular flexibility index (Phi) is 3.28. The summed E-state index contributed by atoms with van der Waals surface area (Å²) in [6.07, 6.45) is 2.70. The fourth-order valence-corrected chi connectivity index (χ4v) is 2.74. The maximum Gasteiger partial charge on any atom is 0.278 e. The van der Waals surface area contributed by atoms with Gasteiger partial charge in [-0.3, -0.25) is 9.48 Å². The van der Waals surface area contributed by atoms with Crippen molar-refractivity contribution >= 4 is 11.6 Å². The second-order valence-electron chi connectivity index (χ2n) is 5.02. The number of fused-ring (bicyclic) bond motifs is 1. The first-order chi connectivity index (χ1) is 9.70. The van der Waals surface area contributed by atoms with Crippen LogP contribution in [0.15, 0.2) is 36.5 Å². The van der Waals surface area contributed by atoms with E-state index >= 15 is 0 Å². The van der Waals surface area contributed by atoms with Gasteiger partial charge in [0, 0.05) is 31.5 Å². The lowest BCUT2D eigenvalue weighted by atomic mass is 9.96. The quantitative estimate of drug-likeness (QED) is 0.904. The third-order valence-corrected chi connectivity index (χ3v) is 3.77. The van der Waals surface area contributed by atoms with Crippen molar-refractivity contribution in [2.75, 3.05) is 18.5 Å². The smallest absolute Gasteiger partial charge is 0.278 e. The van der Waals surface area contributed by atoms with Gasteiger partial charge >= 0.3 is 0 Å². The molecule has 0 spiro atoms. The molecule has 0 fully saturated rings. The Morgan fingerprint density at radius 1 is 1.35 bits per heavy atom. The highest BCUT2D eigenvalue weighted by Crippen LogP contribution is 2.33. The standard InChI is InChI=1S/C15H18N4O/c1-16-12-8-10-19(14-6-4-3-5-11(12)14)15(20)13-7-9-18(2)17-13/h3-7,9,12,16H,8,10H2,1-2H3. The molecular weight excluding hydrogens is 252 g/mol. The van der Waals surface area contributed by atoms with Gasteiger partial charge in [0.05, 0.1) is 0 Å². The number of benzene rings is 1. The monoisotopic (exact) mass is 270 g/mol. The predicted molar refractivity (Wildman–Crippen MR) is 77.7 cm³/mol. The van der Waals surface area contributed by atoms with Gasteiger partial charge in [-0.05, 0) is 31.2 Å². The lowest BCUT2D eigenvalue weighted by molar-refractivity contribution is 0.0978. The zero-order valence-electron chi connectivity index (χ0n) is 11.7. The van der Waals surface area contributed by atoms with Gasteiger partial charge in [0.1, 0.15) is 0 Å². The fourth-order valence-electron chi connectivity index (χ4n) is 2.74. The molecule has 1 N–H and O–H groups in total. The predicted octanol–water partition coefficient (Wildman–Crippen LogP) is 1.73. The lowest BCUT2D eigenvalue weighted by Gasteiger charge is -2.33. The molecule has 1 aliphatic heterocycles. The largest absolute Gasteiger partial charge is 0.313 e. The highest BCUT2D eigenvalue weighted by atomic mass is 16.2. The van der Waals surface area contributed by atoms with Crippen molar-refractivity contribution in [3.63, 3.8) is 0 Å². The minimum absolute atomic E-state index is 0.0346. The molecule has 2 heterocycles. The zero-order valence-corrected chi connectivity index (χ0v) is 11.7. The Labute approximate surface area is 118 Å². The van der Waals surface area contributed by atoms with Crippen LogP contribution in [-0.2, 0) is 7.05 Å². The molecule has 2 aromatic rings. The first-order valence-corrected chi connectivity index (χ1v) is 6.78. The molecule has 0 aliphatic carbocycles. The Morgan fingerprint density at radius 2 is 2.15 bits per heavy atom. The van der Waals surface area contributed by atoms with Gasteiger partial charge in [-0.15, -0.1) is 0 Å². The van der Waals surface area contributed by atoms with Crippen molar-refractivity contribution in [3.05, 3.63) is 47.8 Å². The van der Waals surface area contributed by atoms with Gasteiger partial charge < -0.3 is 10.2 Å². The number of carbonyl (C=O) groups is 1. The van der Waals surface area contributed by atoms with Crippen LogP contribution in [0, 0.1) is 0 Å². The van der Waals surface area contributed by atoms with Crippen molar-refractivity contribution in [2.45, 2.75) is 12.5 Å². The number of anilines is 1. The molecule has 0 saturated carbocycles. The highest BCUT2D eigenvalue weighted by molar-refractivity contribution is 6.05. The summed E-state index contributed by atoms with van der Waals surface area (Å²) < 4.78 is 1.65. The fraction of sp³-hybridized carbons (Fsp3) is 0.333. The van der Waals surface area contributed by atoms with Crippen LogP contribution < -0.4 is 10.2 Å². The third kappa shape index (κ3) is 2.10. The van der Waals surface area contributed by atoms with E-state index in [0.29, 0.717) is 18.3 Å². The van der Waals surface area contributed by atoms with Crippen molar-refractivity contribution in [1.29, 1.82) is 0 Å². The van der Waals surface area contributed by atoms with E-state index in [2.05, 4.69) is 16.5 Å². The Hall–Kier alpha value is -2.14. The molecule has 1 aromatic carbocycles. The van der Waals surface area contributed by atoms with E-state index in [9.17, 15) is 4.79 Å². The summed E-state index contributed by atoms with van der Waals surface area (Å²) in [4.78, 5) is 14.4. The minimum Gasteiger partial charge on any atom is -0.313 e. The number of aryl methyl sites for hydroxylation is 1. The summed E-state index contributed by atoms with van der Waals surface area (Å²) in [5.74, 6) is -0.0346. The highest BCUT2D eigenvalue weighted by Gasteiger charge is 2.28. The van der Waals surface area contributed by atoms with Crippen LogP contribution in [0.1, 0.15) is 28.5 Å². The molecule has 0 bridgehead atoms. The molecule has 1 aromatic heterocycles. The van der Waals surface area contributed by atoms with E-state index in [4.69, 9.17) is 0 Å². The molecule has 1 unspecified atom stereocenters. The van der Waals surface area contributed by atoms with Crippen LogP contribution in [0.4, 0.5) is 5.69 Å². The number of hydrogen-bond acceptors (Lipinski definition) is 3. The molecule has 20 heavy (non-hydrogen) atoms. The average molecular weight is 270 g/mol. The summed E-state index contributed by atoms with van der Waals surface area (Å²) in [6, 6.07) is 10.1. The minimum atomic E-state index is -0.0346. The van der Waals surface area contributed by atoms with Gasteiger partial charge in [0.25, 0.3) is 5.91 Å². The van der Waals surface area contributed by atoms with Gasteiger partial charge in [-0.25, -0.2) is 0 Å². The summed E-state index contributed by atoms with van der Waals surface area (Å²) in [7, 11) is 3.77. The zero-order chi connectivity index (χ0) is 14.1. The summed E-state index contributed by atoms with van der Waals surface area (Å²) in [5.41, 5.74) is 2.64. The molecule has 3 rings (SSSR count). The van der Waals surface area contributed by atoms with Gasteiger partial charge in [0.15, 0.2) is 5.69 Å². The van der Waals surface area contributed by atoms with Crippen molar-refractivity contribution in [2.24, 2.45) is 7.05 Å². The number of hydrogen-bond donors (Lipinski definition) is 1. The Balaban J connectivity index is 1.97. The average Bonchev–Trinajstić information content (AvgIpc) is 2.92. The number of carbonyl (C=O) groups excluding carboxylic acids is 1. The molecule has 5 heteroatoms. The van der Waals surface area contributed by atoms with E-state index in [0.717, 1.165) is 12.1 Å². The van der Waals surface area contributed by atoms with Gasteiger partial charge in [-0.2, -0.15) is 5.10 Å². The number of nitrogens with zero attached hydrogens (tertiary/aromatic N) is 3. The normalized spacial score (nSPS) is 17.9. The molecular formula is C15H18N4O. The van der Waals surface area contributed by atoms with Crippen LogP contribution >= 0.6 is 0 Å². The maximum absolute atomic E-state index is 12.6. The van der Waals surface area contributed by atoms with Gasteiger partial charge in [-0.1, -0.05) is 18.2 Å². The number of rotatable bonds is 2. The number of amides is 1. The van der Waals surface area contributed by atoms with Crippen molar-refractivity contribution < 1.29 is 4.79 Å². The van der Waals surface area contributed by atoms with Crippen molar-refractivity contribution in [3.8, 4) is 0 Å². The van der Waals surface area contributed by atoms with E-state index in [1.54, 1.807) is 16.9 Å². The lowest BCUT2D eigenvalue weighted by Crippen LogP contribution is -2.39. The molecule has 0 radical (unpaired) electrons. The second-order valence-corrected chi connectivity index (χ2v) is 5.02. The third-order valence-electron chi connectivity index (χ3n) is 3.77. The number of nitrogens with one attached hydrogen (secondary N) is 1. The van der Waals surface area contributed by atoms with E-state index in [-0.39, 0.29) is 5.91 Å². The van der Waals surface area contributed by atoms with Crippen LogP contribution in [0.25, 0.3) is 0 Å². The van der Waals surface area contributed by atoms with Gasteiger partial charge in [0.2, 0.25) is 0 Å². The van der Waals surface area contributed by atoms with Crippen LogP contribution in [-0.4, -0.2) is 29.3 Å². The molecule has 5 nitrogen and oxygen atoms in total. The van der Waals surface area contributed by atoms with E-state index in [1.165, 1.54) is 5.56 Å². The van der Waals surface area contributed by atoms with Crippen LogP contribution in [0.3, 0.4) is 0 Å². The molecule has 1 aliphatic rings. The number of aromatic nitrogens is 2.